The maximum Gasteiger partial charge on any atom is 0.366 e. The Labute approximate surface area is 363 Å². The van der Waals surface area contributed by atoms with Crippen molar-refractivity contribution < 1.29 is 85.7 Å². The molecule has 6 atom stereocenters. The first-order chi connectivity index (χ1) is 30.0. The van der Waals surface area contributed by atoms with Gasteiger partial charge in [0.15, 0.2) is 18.8 Å². The highest BCUT2D eigenvalue weighted by Gasteiger charge is 2.59. The van der Waals surface area contributed by atoms with Gasteiger partial charge in [-0.05, 0) is 28.8 Å². The molecule has 1 fully saturated rings. The minimum Gasteiger partial charge on any atom is -0.465 e. The molecule has 2 amide bonds. The van der Waals surface area contributed by atoms with Crippen LogP contribution < -0.4 is 15.4 Å². The highest BCUT2D eigenvalue weighted by atomic mass is 16.7. The molecule has 1 aliphatic heterocycles. The van der Waals surface area contributed by atoms with Gasteiger partial charge in [-0.1, -0.05) is 42.3 Å². The number of terminal acetylenes is 1. The average molecular weight is 885 g/mol. The Bertz CT molecular complexity index is 1960. The number of rotatable bonds is 23. The van der Waals surface area contributed by atoms with Gasteiger partial charge >= 0.3 is 35.8 Å². The summed E-state index contributed by atoms with van der Waals surface area (Å²) in [5.41, 5.74) is 2.10. The van der Waals surface area contributed by atoms with Gasteiger partial charge in [-0.15, -0.1) is 6.42 Å². The predicted octanol–water partition coefficient (Wildman–Crippen LogP) is 1.12. The fourth-order valence-corrected chi connectivity index (χ4v) is 6.34. The summed E-state index contributed by atoms with van der Waals surface area (Å²) < 4.78 is 54.9. The average Bonchev–Trinajstić information content (AvgIpc) is 3.22. The smallest absolute Gasteiger partial charge is 0.366 e. The number of ether oxygens (including phenoxy) is 10. The molecule has 0 aromatic heterocycles. The summed E-state index contributed by atoms with van der Waals surface area (Å²) in [5.74, 6) is -6.43. The van der Waals surface area contributed by atoms with Crippen LogP contribution in [0.25, 0.3) is 11.1 Å². The van der Waals surface area contributed by atoms with Gasteiger partial charge in [0.25, 0.3) is 11.7 Å². The third-order valence-electron chi connectivity index (χ3n) is 8.78. The third kappa shape index (κ3) is 17.1. The lowest BCUT2D eigenvalue weighted by molar-refractivity contribution is -0.315. The molecule has 20 heteroatoms. The standard InChI is InChI=1S/C43H52N2O18/c1-8-16-55-17-18-56-19-20-58-43(42(53)54-7)23-35(60-28(4)48)39(45-38(52)25-57-26(2)46)41(63-43)40(62-30(6)50)36(61-29(5)49)24-44-37(51)21-31-12-14-32(15-13-31)33-10-9-11-34(22-33)59-27(3)47/h1,9-15,22,35-36,39-41H,16-21,23-25H2,2-7H3,(H,44,51)(H,45,52)/t35-,36+,39+,40+,41+,43+/m0/s1. The first kappa shape index (κ1) is 51.0. The van der Waals surface area contributed by atoms with E-state index in [0.717, 1.165) is 45.9 Å². The van der Waals surface area contributed by atoms with Gasteiger partial charge in [0, 0.05) is 34.6 Å². The molecule has 0 bridgehead atoms. The Morgan fingerprint density at radius 1 is 0.810 bits per heavy atom. The minimum atomic E-state index is -2.45. The predicted molar refractivity (Wildman–Crippen MR) is 216 cm³/mol. The summed E-state index contributed by atoms with van der Waals surface area (Å²) in [6.45, 7) is 3.97. The molecule has 0 saturated carbocycles. The number of esters is 6. The van der Waals surface area contributed by atoms with Crippen molar-refractivity contribution in [1.82, 2.24) is 10.6 Å². The molecule has 2 N–H and O–H groups in total. The number of carbonyl (C=O) groups is 8. The molecule has 1 aliphatic rings. The molecule has 1 saturated heterocycles. The zero-order chi connectivity index (χ0) is 46.5. The van der Waals surface area contributed by atoms with E-state index >= 15 is 0 Å². The van der Waals surface area contributed by atoms with E-state index < -0.39 is 103 Å². The fourth-order valence-electron chi connectivity index (χ4n) is 6.34. The third-order valence-corrected chi connectivity index (χ3v) is 8.78. The van der Waals surface area contributed by atoms with E-state index in [1.54, 1.807) is 42.5 Å². The minimum absolute atomic E-state index is 0.0595. The van der Waals surface area contributed by atoms with Crippen molar-refractivity contribution in [3.8, 4) is 29.2 Å². The number of hydrogen-bond acceptors (Lipinski definition) is 18. The van der Waals surface area contributed by atoms with Gasteiger partial charge in [0.2, 0.25) is 5.91 Å². The van der Waals surface area contributed by atoms with Crippen LogP contribution in [0.4, 0.5) is 0 Å². The van der Waals surface area contributed by atoms with Crippen LogP contribution in [0.3, 0.4) is 0 Å². The van der Waals surface area contributed by atoms with Gasteiger partial charge in [0.05, 0.1) is 59.0 Å². The monoisotopic (exact) mass is 884 g/mol. The highest BCUT2D eigenvalue weighted by Crippen LogP contribution is 2.37. The summed E-state index contributed by atoms with van der Waals surface area (Å²) >= 11 is 0. The first-order valence-corrected chi connectivity index (χ1v) is 19.5. The number of amides is 2. The number of carbonyl (C=O) groups excluding carboxylic acids is 8. The van der Waals surface area contributed by atoms with Crippen LogP contribution in [0, 0.1) is 12.3 Å². The van der Waals surface area contributed by atoms with Crippen molar-refractivity contribution in [2.24, 2.45) is 0 Å². The lowest BCUT2D eigenvalue weighted by Crippen LogP contribution is -2.70. The van der Waals surface area contributed by atoms with Gasteiger partial charge in [0.1, 0.15) is 24.6 Å². The summed E-state index contributed by atoms with van der Waals surface area (Å²) in [6.07, 6.45) is -2.30. The van der Waals surface area contributed by atoms with Crippen LogP contribution >= 0.6 is 0 Å². The van der Waals surface area contributed by atoms with Crippen LogP contribution in [0.15, 0.2) is 48.5 Å². The second kappa shape index (κ2) is 25.5. The molecule has 1 heterocycles. The Morgan fingerprint density at radius 2 is 1.49 bits per heavy atom. The Kier molecular flexibility index (Phi) is 20.6. The summed E-state index contributed by atoms with van der Waals surface area (Å²) in [5, 5.41) is 5.19. The maximum atomic E-state index is 13.6. The van der Waals surface area contributed by atoms with E-state index in [0.29, 0.717) is 11.3 Å². The van der Waals surface area contributed by atoms with Crippen LogP contribution in [-0.4, -0.2) is 137 Å². The van der Waals surface area contributed by atoms with Crippen LogP contribution in [-0.2, 0) is 87.4 Å². The molecule has 63 heavy (non-hydrogen) atoms. The lowest BCUT2D eigenvalue weighted by atomic mass is 9.87. The molecule has 0 radical (unpaired) electrons. The van der Waals surface area contributed by atoms with Gasteiger partial charge in [-0.25, -0.2) is 4.79 Å². The number of methoxy groups -OCH3 is 1. The van der Waals surface area contributed by atoms with E-state index in [1.807, 2.05) is 6.07 Å². The number of benzene rings is 2. The zero-order valence-corrected chi connectivity index (χ0v) is 35.8. The number of hydrogen-bond donors (Lipinski definition) is 2. The van der Waals surface area contributed by atoms with E-state index in [-0.39, 0.29) is 39.5 Å². The van der Waals surface area contributed by atoms with E-state index in [2.05, 4.69) is 16.6 Å². The van der Waals surface area contributed by atoms with E-state index in [4.69, 9.17) is 53.8 Å². The molecule has 2 aromatic rings. The van der Waals surface area contributed by atoms with Crippen molar-refractivity contribution in [2.75, 3.05) is 53.3 Å². The second-order valence-corrected chi connectivity index (χ2v) is 13.8. The molecular weight excluding hydrogens is 832 g/mol. The molecule has 20 nitrogen and oxygen atoms in total. The summed E-state index contributed by atoms with van der Waals surface area (Å²) in [4.78, 5) is 101. The van der Waals surface area contributed by atoms with Crippen LogP contribution in [0.5, 0.6) is 5.75 Å². The molecule has 0 aliphatic carbocycles. The molecule has 2 aromatic carbocycles. The summed E-state index contributed by atoms with van der Waals surface area (Å²) in [7, 11) is 1.02. The normalized spacial score (nSPS) is 18.8. The Balaban J connectivity index is 1.98. The molecule has 0 unspecified atom stereocenters. The Morgan fingerprint density at radius 3 is 2.11 bits per heavy atom. The first-order valence-electron chi connectivity index (χ1n) is 19.5. The van der Waals surface area contributed by atoms with Crippen molar-refractivity contribution in [3.63, 3.8) is 0 Å². The van der Waals surface area contributed by atoms with Crippen molar-refractivity contribution >= 4 is 47.6 Å². The van der Waals surface area contributed by atoms with E-state index in [1.165, 1.54) is 6.92 Å². The second-order valence-electron chi connectivity index (χ2n) is 13.8. The molecule has 0 spiro atoms. The maximum absolute atomic E-state index is 13.6. The van der Waals surface area contributed by atoms with Crippen molar-refractivity contribution in [1.29, 1.82) is 0 Å². The van der Waals surface area contributed by atoms with Gasteiger partial charge in [-0.2, -0.15) is 0 Å². The lowest BCUT2D eigenvalue weighted by Gasteiger charge is -2.48. The molecule has 3 rings (SSSR count). The van der Waals surface area contributed by atoms with Crippen molar-refractivity contribution in [3.05, 3.63) is 54.1 Å². The van der Waals surface area contributed by atoms with Crippen LogP contribution in [0.1, 0.15) is 46.6 Å². The highest BCUT2D eigenvalue weighted by molar-refractivity contribution is 5.81. The van der Waals surface area contributed by atoms with Gasteiger partial charge < -0.3 is 58.0 Å². The fraction of sp³-hybridized carbons (Fsp3) is 0.488. The Hall–Kier alpha value is -6.40. The zero-order valence-electron chi connectivity index (χ0n) is 35.8. The van der Waals surface area contributed by atoms with E-state index in [9.17, 15) is 38.4 Å². The topological polar surface area (TPSA) is 253 Å². The van der Waals surface area contributed by atoms with Crippen molar-refractivity contribution in [2.45, 2.75) is 83.7 Å². The molecule has 342 valence electrons. The number of nitrogens with one attached hydrogen (secondary N) is 2. The quantitative estimate of drug-likeness (QED) is 0.0521. The SMILES string of the molecule is C#CCOCCOCCO[C@]1(C(=O)OC)C[C@H](OC(C)=O)[C@@H](NC(=O)COC(C)=O)[C@H]([C@H](OC(C)=O)[C@@H](CNC(=O)Cc2ccc(-c3cccc(OC(C)=O)c3)cc2)OC(C)=O)O1. The molecular formula is C43H52N2O18. The van der Waals surface area contributed by atoms with Crippen LogP contribution in [0.2, 0.25) is 0 Å². The van der Waals surface area contributed by atoms with Gasteiger partial charge in [-0.3, -0.25) is 33.6 Å². The largest absolute Gasteiger partial charge is 0.465 e. The summed E-state index contributed by atoms with van der Waals surface area (Å²) in [6, 6.07) is 12.3.